The molecule has 1 saturated carbocycles. The monoisotopic (exact) mass is 412 g/mol. The molecule has 1 unspecified atom stereocenters. The largest absolute Gasteiger partial charge is 0.369 e. The summed E-state index contributed by atoms with van der Waals surface area (Å²) in [5, 5.41) is 12.0. The van der Waals surface area contributed by atoms with Crippen LogP contribution < -0.4 is 11.1 Å². The fraction of sp³-hybridized carbons (Fsp3) is 0.850. The molecule has 0 aromatic rings. The number of primary amides is 1. The number of nitriles is 1. The van der Waals surface area contributed by atoms with E-state index in [1.165, 1.54) is 0 Å². The number of rotatable bonds is 5. The number of amides is 3. The van der Waals surface area contributed by atoms with Crippen molar-refractivity contribution in [2.75, 3.05) is 13.1 Å². The topological polar surface area (TPSA) is 108 Å². The smallest absolute Gasteiger partial charge is 0.314 e. The molecule has 29 heavy (non-hydrogen) atoms. The van der Waals surface area contributed by atoms with Crippen LogP contribution in [0.2, 0.25) is 0 Å². The number of carbonyl (C=O) groups excluding carboxylic acids is 2. The lowest BCUT2D eigenvalue weighted by molar-refractivity contribution is -0.139. The van der Waals surface area contributed by atoms with Gasteiger partial charge in [0, 0.05) is 31.3 Å². The Bertz CT molecular complexity index is 716. The minimum atomic E-state index is -3.02. The normalized spacial score (nSPS) is 27.9. The molecule has 3 amide bonds. The van der Waals surface area contributed by atoms with Crippen LogP contribution in [0.1, 0.15) is 59.3 Å². The summed E-state index contributed by atoms with van der Waals surface area (Å²) in [7, 11) is 0. The van der Waals surface area contributed by atoms with Gasteiger partial charge in [0.2, 0.25) is 11.8 Å². The number of ether oxygens (including phenoxy) is 1. The van der Waals surface area contributed by atoms with Gasteiger partial charge in [0.25, 0.3) is 0 Å². The van der Waals surface area contributed by atoms with Gasteiger partial charge < -0.3 is 20.7 Å². The first-order valence-corrected chi connectivity index (χ1v) is 10.2. The molecule has 2 saturated heterocycles. The number of halogens is 2. The van der Waals surface area contributed by atoms with Crippen molar-refractivity contribution in [3.8, 4) is 6.07 Å². The van der Waals surface area contributed by atoms with Crippen LogP contribution >= 0.6 is 0 Å². The van der Waals surface area contributed by atoms with Crippen molar-refractivity contribution < 1.29 is 23.1 Å². The number of piperidine rings is 1. The molecule has 0 bridgehead atoms. The van der Waals surface area contributed by atoms with Crippen LogP contribution in [0.3, 0.4) is 0 Å². The zero-order valence-corrected chi connectivity index (χ0v) is 17.3. The van der Waals surface area contributed by atoms with Gasteiger partial charge in [-0.2, -0.15) is 5.26 Å². The minimum absolute atomic E-state index is 0.428. The van der Waals surface area contributed by atoms with Crippen LogP contribution in [-0.2, 0) is 9.53 Å². The zero-order valence-electron chi connectivity index (χ0n) is 17.3. The van der Waals surface area contributed by atoms with Gasteiger partial charge >= 0.3 is 6.03 Å². The van der Waals surface area contributed by atoms with E-state index in [-0.39, 0.29) is 0 Å². The molecule has 3 rings (SSSR count). The maximum absolute atomic E-state index is 14.0. The fourth-order valence-corrected chi connectivity index (χ4v) is 4.91. The highest BCUT2D eigenvalue weighted by Gasteiger charge is 2.57. The summed E-state index contributed by atoms with van der Waals surface area (Å²) < 4.78 is 34.4. The summed E-state index contributed by atoms with van der Waals surface area (Å²) in [6.07, 6.45) is 2.05. The Labute approximate surface area is 169 Å². The average molecular weight is 412 g/mol. The van der Waals surface area contributed by atoms with E-state index in [1.54, 1.807) is 4.90 Å². The number of nitrogens with zero attached hydrogens (tertiary/aromatic N) is 2. The van der Waals surface area contributed by atoms with Crippen LogP contribution in [-0.4, -0.2) is 52.6 Å². The maximum atomic E-state index is 14.0. The molecule has 1 spiro atoms. The second-order valence-corrected chi connectivity index (χ2v) is 9.59. The Morgan fingerprint density at radius 3 is 2.34 bits per heavy atom. The van der Waals surface area contributed by atoms with Crippen molar-refractivity contribution in [3.63, 3.8) is 0 Å². The van der Waals surface area contributed by atoms with E-state index in [0.717, 1.165) is 6.92 Å². The van der Waals surface area contributed by atoms with Crippen molar-refractivity contribution in [3.05, 3.63) is 0 Å². The third-order valence-corrected chi connectivity index (χ3v) is 6.68. The summed E-state index contributed by atoms with van der Waals surface area (Å²) in [5.74, 6) is -4.92. The Balaban J connectivity index is 1.80. The van der Waals surface area contributed by atoms with Crippen LogP contribution in [0.15, 0.2) is 0 Å². The molecular formula is C20H30F2N4O3. The summed E-state index contributed by atoms with van der Waals surface area (Å²) in [4.78, 5) is 26.0. The lowest BCUT2D eigenvalue weighted by Crippen LogP contribution is -2.48. The Morgan fingerprint density at radius 1 is 1.31 bits per heavy atom. The quantitative estimate of drug-likeness (QED) is 0.723. The molecule has 7 nitrogen and oxygen atoms in total. The molecule has 9 heteroatoms. The van der Waals surface area contributed by atoms with Crippen LogP contribution in [0.4, 0.5) is 13.6 Å². The van der Waals surface area contributed by atoms with E-state index in [0.29, 0.717) is 45.2 Å². The highest BCUT2D eigenvalue weighted by molar-refractivity contribution is 5.81. The van der Waals surface area contributed by atoms with E-state index in [9.17, 15) is 23.6 Å². The van der Waals surface area contributed by atoms with Gasteiger partial charge in [-0.05, 0) is 52.9 Å². The zero-order chi connectivity index (χ0) is 21.7. The molecule has 0 radical (unpaired) electrons. The second-order valence-electron chi connectivity index (χ2n) is 9.59. The lowest BCUT2D eigenvalue weighted by atomic mass is 9.73. The molecule has 162 valence electrons. The molecular weight excluding hydrogens is 382 g/mol. The number of hydrogen-bond acceptors (Lipinski definition) is 4. The van der Waals surface area contributed by atoms with Gasteiger partial charge in [-0.15, -0.1) is 0 Å². The molecule has 0 aromatic carbocycles. The van der Waals surface area contributed by atoms with Gasteiger partial charge in [0.15, 0.2) is 0 Å². The first-order valence-electron chi connectivity index (χ1n) is 10.2. The van der Waals surface area contributed by atoms with Crippen molar-refractivity contribution in [1.82, 2.24) is 10.2 Å². The lowest BCUT2D eigenvalue weighted by Gasteiger charge is -2.39. The Kier molecular flexibility index (Phi) is 5.31. The van der Waals surface area contributed by atoms with Gasteiger partial charge in [-0.25, -0.2) is 13.6 Å². The average Bonchev–Trinajstić information content (AvgIpc) is 3.31. The first-order chi connectivity index (χ1) is 13.3. The SMILES string of the molecule is CC(F)(F)C[C@H](C(=O)NC1(C#N)CC1)C1CC2(CCN(C(N)=O)CC2)OC1(C)C. The van der Waals surface area contributed by atoms with Crippen molar-refractivity contribution in [2.45, 2.75) is 82.0 Å². The maximum Gasteiger partial charge on any atom is 0.314 e. The minimum Gasteiger partial charge on any atom is -0.369 e. The third-order valence-electron chi connectivity index (χ3n) is 6.68. The molecule has 3 aliphatic rings. The third kappa shape index (κ3) is 4.63. The molecule has 2 heterocycles. The van der Waals surface area contributed by atoms with Crippen molar-refractivity contribution >= 4 is 11.9 Å². The van der Waals surface area contributed by atoms with E-state index in [2.05, 4.69) is 11.4 Å². The highest BCUT2D eigenvalue weighted by Crippen LogP contribution is 2.52. The van der Waals surface area contributed by atoms with Crippen LogP contribution in [0, 0.1) is 23.2 Å². The summed E-state index contributed by atoms with van der Waals surface area (Å²) in [5.41, 5.74) is 3.10. The van der Waals surface area contributed by atoms with Gasteiger partial charge in [0.05, 0.1) is 17.3 Å². The van der Waals surface area contributed by atoms with E-state index in [1.807, 2.05) is 13.8 Å². The summed E-state index contributed by atoms with van der Waals surface area (Å²) in [6, 6.07) is 1.60. The van der Waals surface area contributed by atoms with E-state index >= 15 is 0 Å². The van der Waals surface area contributed by atoms with Crippen LogP contribution in [0.5, 0.6) is 0 Å². The number of likely N-dealkylation sites (tertiary alicyclic amines) is 1. The second kappa shape index (κ2) is 7.08. The van der Waals surface area contributed by atoms with E-state index in [4.69, 9.17) is 10.5 Å². The number of hydrogen-bond donors (Lipinski definition) is 2. The van der Waals surface area contributed by atoms with Gasteiger partial charge in [0.1, 0.15) is 5.54 Å². The summed E-state index contributed by atoms with van der Waals surface area (Å²) in [6.45, 7) is 5.36. The van der Waals surface area contributed by atoms with Crippen LogP contribution in [0.25, 0.3) is 0 Å². The van der Waals surface area contributed by atoms with Crippen molar-refractivity contribution in [2.24, 2.45) is 17.6 Å². The standard InChI is InChI=1S/C20H30F2N4O3/c1-17(2)14(11-20(29-17)6-8-26(9-7-20)16(24)28)13(10-18(3,21)22)15(27)25-19(12-23)4-5-19/h13-14H,4-11H2,1-3H3,(H2,24,28)(H,25,27)/t13-,14?/m0/s1. The number of carbonyl (C=O) groups is 2. The Morgan fingerprint density at radius 2 is 1.90 bits per heavy atom. The molecule has 1 aliphatic carbocycles. The van der Waals surface area contributed by atoms with Crippen molar-refractivity contribution in [1.29, 1.82) is 5.26 Å². The fourth-order valence-electron chi connectivity index (χ4n) is 4.91. The summed E-state index contributed by atoms with van der Waals surface area (Å²) >= 11 is 0. The highest BCUT2D eigenvalue weighted by atomic mass is 19.3. The van der Waals surface area contributed by atoms with Gasteiger partial charge in [-0.1, -0.05) is 0 Å². The molecule has 2 atom stereocenters. The number of urea groups is 1. The molecule has 3 N–H and O–H groups in total. The number of nitrogens with one attached hydrogen (secondary N) is 1. The first kappa shape index (κ1) is 21.8. The number of alkyl halides is 2. The Hall–Kier alpha value is -1.95. The van der Waals surface area contributed by atoms with E-state index < -0.39 is 52.9 Å². The van der Waals surface area contributed by atoms with Gasteiger partial charge in [-0.3, -0.25) is 4.79 Å². The molecule has 2 aliphatic heterocycles. The predicted molar refractivity (Wildman–Crippen MR) is 101 cm³/mol. The molecule has 3 fully saturated rings. The molecule has 0 aromatic heterocycles. The predicted octanol–water partition coefficient (Wildman–Crippen LogP) is 2.55. The number of nitrogens with two attached hydrogens (primary N) is 1.